The molecule has 2 aromatic heterocycles. The summed E-state index contributed by atoms with van der Waals surface area (Å²) >= 11 is 6.24. The number of hydrogen-bond donors (Lipinski definition) is 1. The molecule has 0 atom stereocenters. The zero-order valence-electron chi connectivity index (χ0n) is 10.3. The second-order valence-corrected chi connectivity index (χ2v) is 7.27. The number of benzene rings is 1. The van der Waals surface area contributed by atoms with Crippen LogP contribution in [0.25, 0.3) is 10.2 Å². The molecule has 20 heavy (non-hydrogen) atoms. The molecule has 1 amide bonds. The Balaban J connectivity index is 1.85. The Bertz CT molecular complexity index is 782. The molecule has 2 heterocycles. The molecule has 0 fully saturated rings. The van der Waals surface area contributed by atoms with Gasteiger partial charge in [-0.2, -0.15) is 0 Å². The number of ether oxygens (including phenoxy) is 1. The molecule has 1 N–H and O–H groups in total. The standard InChI is InChI=1S/C13H9BrN2O2S2/c1-18-8-2-3-9-10(5-8)20-13(15-9)16-12(17)7-4-11(14)19-6-7/h2-6H,1H3,(H,15,16,17). The number of carbonyl (C=O) groups excluding carboxylic acids is 1. The lowest BCUT2D eigenvalue weighted by Gasteiger charge is -1.97. The summed E-state index contributed by atoms with van der Waals surface area (Å²) in [4.78, 5) is 16.4. The zero-order valence-corrected chi connectivity index (χ0v) is 13.6. The first kappa shape index (κ1) is 13.5. The van der Waals surface area contributed by atoms with Crippen molar-refractivity contribution >= 4 is 59.9 Å². The number of amides is 1. The molecule has 0 saturated heterocycles. The van der Waals surface area contributed by atoms with E-state index in [2.05, 4.69) is 26.2 Å². The summed E-state index contributed by atoms with van der Waals surface area (Å²) in [6.07, 6.45) is 0. The number of thiophene rings is 1. The van der Waals surface area contributed by atoms with Crippen LogP contribution in [0.1, 0.15) is 10.4 Å². The molecular weight excluding hydrogens is 360 g/mol. The van der Waals surface area contributed by atoms with E-state index in [1.165, 1.54) is 22.7 Å². The van der Waals surface area contributed by atoms with Gasteiger partial charge in [0.05, 0.1) is 26.7 Å². The van der Waals surface area contributed by atoms with Gasteiger partial charge in [0.2, 0.25) is 0 Å². The van der Waals surface area contributed by atoms with Gasteiger partial charge in [-0.05, 0) is 40.2 Å². The van der Waals surface area contributed by atoms with Crippen molar-refractivity contribution in [2.75, 3.05) is 12.4 Å². The lowest BCUT2D eigenvalue weighted by molar-refractivity contribution is 0.102. The van der Waals surface area contributed by atoms with Crippen LogP contribution in [0.5, 0.6) is 5.75 Å². The highest BCUT2D eigenvalue weighted by molar-refractivity contribution is 9.11. The van der Waals surface area contributed by atoms with E-state index < -0.39 is 0 Å². The Morgan fingerprint density at radius 3 is 2.95 bits per heavy atom. The van der Waals surface area contributed by atoms with E-state index in [4.69, 9.17) is 4.74 Å². The molecule has 102 valence electrons. The largest absolute Gasteiger partial charge is 0.497 e. The van der Waals surface area contributed by atoms with Gasteiger partial charge >= 0.3 is 0 Å². The number of carbonyl (C=O) groups is 1. The fraction of sp³-hybridized carbons (Fsp3) is 0.0769. The minimum atomic E-state index is -0.155. The van der Waals surface area contributed by atoms with Crippen LogP contribution in [0.2, 0.25) is 0 Å². The van der Waals surface area contributed by atoms with Crippen molar-refractivity contribution in [2.45, 2.75) is 0 Å². The van der Waals surface area contributed by atoms with E-state index in [9.17, 15) is 4.79 Å². The van der Waals surface area contributed by atoms with E-state index in [1.807, 2.05) is 18.2 Å². The Morgan fingerprint density at radius 2 is 2.25 bits per heavy atom. The van der Waals surface area contributed by atoms with Crippen molar-refractivity contribution in [2.24, 2.45) is 0 Å². The summed E-state index contributed by atoms with van der Waals surface area (Å²) in [5.41, 5.74) is 1.47. The second-order valence-electron chi connectivity index (χ2n) is 3.95. The summed E-state index contributed by atoms with van der Waals surface area (Å²) in [6.45, 7) is 0. The zero-order chi connectivity index (χ0) is 14.1. The van der Waals surface area contributed by atoms with E-state index >= 15 is 0 Å². The fourth-order valence-electron chi connectivity index (χ4n) is 1.68. The third-order valence-electron chi connectivity index (χ3n) is 2.65. The van der Waals surface area contributed by atoms with Crippen LogP contribution in [0.15, 0.2) is 33.4 Å². The van der Waals surface area contributed by atoms with Gasteiger partial charge in [-0.15, -0.1) is 11.3 Å². The van der Waals surface area contributed by atoms with Crippen molar-refractivity contribution < 1.29 is 9.53 Å². The summed E-state index contributed by atoms with van der Waals surface area (Å²) < 4.78 is 7.08. The lowest BCUT2D eigenvalue weighted by atomic mass is 10.3. The molecule has 0 aliphatic rings. The fourth-order valence-corrected chi connectivity index (χ4v) is 3.71. The predicted octanol–water partition coefficient (Wildman–Crippen LogP) is 4.38. The van der Waals surface area contributed by atoms with Crippen LogP contribution in [-0.2, 0) is 0 Å². The van der Waals surface area contributed by atoms with Gasteiger partial charge < -0.3 is 4.74 Å². The summed E-state index contributed by atoms with van der Waals surface area (Å²) in [5.74, 6) is 0.624. The molecule has 0 saturated carbocycles. The van der Waals surface area contributed by atoms with Crippen molar-refractivity contribution in [1.29, 1.82) is 0 Å². The van der Waals surface area contributed by atoms with Crippen LogP contribution in [0.3, 0.4) is 0 Å². The number of halogens is 1. The van der Waals surface area contributed by atoms with Gasteiger partial charge in [0.15, 0.2) is 5.13 Å². The van der Waals surface area contributed by atoms with Crippen LogP contribution in [0.4, 0.5) is 5.13 Å². The topological polar surface area (TPSA) is 51.2 Å². The molecule has 7 heteroatoms. The van der Waals surface area contributed by atoms with Crippen molar-refractivity contribution in [3.63, 3.8) is 0 Å². The van der Waals surface area contributed by atoms with E-state index in [0.29, 0.717) is 10.7 Å². The van der Waals surface area contributed by atoms with Crippen molar-refractivity contribution in [1.82, 2.24) is 4.98 Å². The Kier molecular flexibility index (Phi) is 3.73. The van der Waals surface area contributed by atoms with Crippen LogP contribution < -0.4 is 10.1 Å². The maximum Gasteiger partial charge on any atom is 0.258 e. The smallest absolute Gasteiger partial charge is 0.258 e. The molecule has 0 spiro atoms. The molecule has 0 unspecified atom stereocenters. The van der Waals surface area contributed by atoms with Crippen molar-refractivity contribution in [3.8, 4) is 5.75 Å². The molecule has 0 aliphatic heterocycles. The Morgan fingerprint density at radius 1 is 1.40 bits per heavy atom. The monoisotopic (exact) mass is 368 g/mol. The summed E-state index contributed by atoms with van der Waals surface area (Å²) in [5, 5.41) is 5.20. The number of thiazole rings is 1. The third kappa shape index (κ3) is 2.70. The van der Waals surface area contributed by atoms with Crippen molar-refractivity contribution in [3.05, 3.63) is 39.0 Å². The van der Waals surface area contributed by atoms with Gasteiger partial charge in [-0.1, -0.05) is 11.3 Å². The summed E-state index contributed by atoms with van der Waals surface area (Å²) in [7, 11) is 1.62. The van der Waals surface area contributed by atoms with Gasteiger partial charge in [-0.25, -0.2) is 4.98 Å². The number of aromatic nitrogens is 1. The van der Waals surface area contributed by atoms with Crippen LogP contribution >= 0.6 is 38.6 Å². The maximum atomic E-state index is 12.0. The third-order valence-corrected chi connectivity index (χ3v) is 5.08. The van der Waals surface area contributed by atoms with Gasteiger partial charge in [-0.3, -0.25) is 10.1 Å². The number of hydrogen-bond acceptors (Lipinski definition) is 5. The molecule has 0 aliphatic carbocycles. The van der Waals surface area contributed by atoms with Gasteiger partial charge in [0.25, 0.3) is 5.91 Å². The normalized spacial score (nSPS) is 10.7. The molecule has 0 radical (unpaired) electrons. The number of anilines is 1. The second kappa shape index (κ2) is 5.51. The first-order valence-corrected chi connectivity index (χ1v) is 8.14. The first-order valence-electron chi connectivity index (χ1n) is 5.65. The summed E-state index contributed by atoms with van der Waals surface area (Å²) in [6, 6.07) is 7.42. The molecule has 1 aromatic carbocycles. The minimum absolute atomic E-state index is 0.155. The molecule has 4 nitrogen and oxygen atoms in total. The van der Waals surface area contributed by atoms with Crippen LogP contribution in [0, 0.1) is 0 Å². The van der Waals surface area contributed by atoms with E-state index in [1.54, 1.807) is 18.6 Å². The SMILES string of the molecule is COc1ccc2nc(NC(=O)c3csc(Br)c3)sc2c1. The number of fused-ring (bicyclic) bond motifs is 1. The average Bonchev–Trinajstić information content (AvgIpc) is 3.03. The quantitative estimate of drug-likeness (QED) is 0.745. The molecule has 3 aromatic rings. The number of nitrogens with one attached hydrogen (secondary N) is 1. The van der Waals surface area contributed by atoms with E-state index in [0.717, 1.165) is 19.8 Å². The highest BCUT2D eigenvalue weighted by Crippen LogP contribution is 2.29. The Labute approximate surface area is 131 Å². The van der Waals surface area contributed by atoms with Gasteiger partial charge in [0, 0.05) is 5.38 Å². The molecular formula is C13H9BrN2O2S2. The maximum absolute atomic E-state index is 12.0. The van der Waals surface area contributed by atoms with E-state index in [-0.39, 0.29) is 5.91 Å². The highest BCUT2D eigenvalue weighted by atomic mass is 79.9. The number of nitrogens with zero attached hydrogens (tertiary/aromatic N) is 1. The number of methoxy groups -OCH3 is 1. The average molecular weight is 369 g/mol. The minimum Gasteiger partial charge on any atom is -0.497 e. The predicted molar refractivity (Wildman–Crippen MR) is 86.1 cm³/mol. The van der Waals surface area contributed by atoms with Crippen LogP contribution in [-0.4, -0.2) is 18.0 Å². The van der Waals surface area contributed by atoms with Gasteiger partial charge in [0.1, 0.15) is 5.75 Å². The molecule has 0 bridgehead atoms. The first-order chi connectivity index (χ1) is 9.65. The number of rotatable bonds is 3. The Hall–Kier alpha value is -1.44. The molecule has 3 rings (SSSR count). The highest BCUT2D eigenvalue weighted by Gasteiger charge is 2.11. The lowest BCUT2D eigenvalue weighted by Crippen LogP contribution is -2.10.